The Balaban J connectivity index is 1.29. The molecule has 0 saturated carbocycles. The van der Waals surface area contributed by atoms with Gasteiger partial charge in [0.05, 0.1) is 11.6 Å². The average molecular weight is 454 g/mol. The van der Waals surface area contributed by atoms with Crippen LogP contribution in [0.1, 0.15) is 27.9 Å². The number of nitrogens with zero attached hydrogens (tertiary/aromatic N) is 3. The van der Waals surface area contributed by atoms with Gasteiger partial charge < -0.3 is 15.5 Å². The van der Waals surface area contributed by atoms with E-state index in [1.165, 1.54) is 0 Å². The van der Waals surface area contributed by atoms with E-state index in [4.69, 9.17) is 5.26 Å². The quantitative estimate of drug-likeness (QED) is 0.593. The van der Waals surface area contributed by atoms with Crippen molar-refractivity contribution in [2.45, 2.75) is 13.0 Å². The lowest BCUT2D eigenvalue weighted by Gasteiger charge is -2.22. The van der Waals surface area contributed by atoms with Crippen LogP contribution in [-0.4, -0.2) is 47.9 Å². The minimum atomic E-state index is -0.333. The van der Waals surface area contributed by atoms with Crippen LogP contribution in [-0.2, 0) is 6.54 Å². The molecular formula is C27H27N5O2. The maximum atomic E-state index is 13.0. The van der Waals surface area contributed by atoms with Crippen LogP contribution in [0, 0.1) is 11.3 Å². The number of hydrogen-bond donors (Lipinski definition) is 2. The molecule has 0 aliphatic carbocycles. The summed E-state index contributed by atoms with van der Waals surface area (Å²) in [6, 6.07) is 25.7. The van der Waals surface area contributed by atoms with Gasteiger partial charge in [0.15, 0.2) is 0 Å². The van der Waals surface area contributed by atoms with Crippen molar-refractivity contribution in [3.05, 3.63) is 95.6 Å². The van der Waals surface area contributed by atoms with E-state index in [-0.39, 0.29) is 11.9 Å². The number of para-hydroxylation sites is 1. The van der Waals surface area contributed by atoms with E-state index in [0.29, 0.717) is 35.6 Å². The van der Waals surface area contributed by atoms with Crippen molar-refractivity contribution in [1.29, 1.82) is 5.26 Å². The van der Waals surface area contributed by atoms with Gasteiger partial charge in [-0.15, -0.1) is 0 Å². The summed E-state index contributed by atoms with van der Waals surface area (Å²) >= 11 is 0. The van der Waals surface area contributed by atoms with Gasteiger partial charge in [0, 0.05) is 49.7 Å². The molecule has 7 heteroatoms. The van der Waals surface area contributed by atoms with Gasteiger partial charge in [-0.3, -0.25) is 9.69 Å². The van der Waals surface area contributed by atoms with Crippen molar-refractivity contribution in [2.24, 2.45) is 0 Å². The van der Waals surface area contributed by atoms with Gasteiger partial charge in [-0.2, -0.15) is 5.26 Å². The minimum Gasteiger partial charge on any atom is -0.337 e. The van der Waals surface area contributed by atoms with Crippen molar-refractivity contribution >= 4 is 23.3 Å². The maximum Gasteiger partial charge on any atom is 0.323 e. The van der Waals surface area contributed by atoms with E-state index in [1.807, 2.05) is 59.5 Å². The number of urea groups is 1. The number of benzene rings is 3. The first-order chi connectivity index (χ1) is 16.6. The molecule has 0 atom stereocenters. The Labute approximate surface area is 199 Å². The molecule has 1 heterocycles. The monoisotopic (exact) mass is 453 g/mol. The number of rotatable bonds is 5. The Morgan fingerprint density at radius 3 is 2.15 bits per heavy atom. The Bertz CT molecular complexity index is 1150. The zero-order valence-corrected chi connectivity index (χ0v) is 18.9. The molecule has 0 bridgehead atoms. The molecule has 34 heavy (non-hydrogen) atoms. The second-order valence-electron chi connectivity index (χ2n) is 8.25. The fraction of sp³-hybridized carbons (Fsp3) is 0.222. The molecule has 0 aromatic heterocycles. The topological polar surface area (TPSA) is 88.5 Å². The van der Waals surface area contributed by atoms with Crippen LogP contribution in [0.4, 0.5) is 16.2 Å². The second-order valence-corrected chi connectivity index (χ2v) is 8.25. The Hall–Kier alpha value is -4.15. The van der Waals surface area contributed by atoms with Gasteiger partial charge in [-0.1, -0.05) is 30.3 Å². The van der Waals surface area contributed by atoms with E-state index in [1.54, 1.807) is 24.3 Å². The van der Waals surface area contributed by atoms with Crippen LogP contribution >= 0.6 is 0 Å². The first-order valence-corrected chi connectivity index (χ1v) is 11.3. The predicted octanol–water partition coefficient (Wildman–Crippen LogP) is 4.55. The van der Waals surface area contributed by atoms with Crippen molar-refractivity contribution in [3.63, 3.8) is 0 Å². The Morgan fingerprint density at radius 1 is 0.794 bits per heavy atom. The third kappa shape index (κ3) is 6.21. The lowest BCUT2D eigenvalue weighted by Crippen LogP contribution is -2.35. The van der Waals surface area contributed by atoms with E-state index >= 15 is 0 Å². The molecule has 1 aliphatic heterocycles. The number of carbonyl (C=O) groups is 2. The summed E-state index contributed by atoms with van der Waals surface area (Å²) in [6.07, 6.45) is 0.904. The highest BCUT2D eigenvalue weighted by atomic mass is 16.2. The van der Waals surface area contributed by atoms with Crippen molar-refractivity contribution in [2.75, 3.05) is 36.8 Å². The molecule has 0 spiro atoms. The van der Waals surface area contributed by atoms with Crippen LogP contribution in [0.15, 0.2) is 78.9 Å². The smallest absolute Gasteiger partial charge is 0.323 e. The zero-order valence-electron chi connectivity index (χ0n) is 18.9. The lowest BCUT2D eigenvalue weighted by atomic mass is 10.1. The van der Waals surface area contributed by atoms with Gasteiger partial charge in [-0.25, -0.2) is 4.79 Å². The van der Waals surface area contributed by atoms with Gasteiger partial charge in [0.1, 0.15) is 0 Å². The Kier molecular flexibility index (Phi) is 7.53. The third-order valence-electron chi connectivity index (χ3n) is 5.79. The highest BCUT2D eigenvalue weighted by Crippen LogP contribution is 2.15. The molecule has 1 aliphatic rings. The molecule has 7 nitrogen and oxygen atoms in total. The van der Waals surface area contributed by atoms with E-state index in [0.717, 1.165) is 31.6 Å². The standard InChI is InChI=1S/C27H27N5O2/c28-19-21-7-9-22(10-8-21)20-31-15-4-16-32(18-17-31)26(33)23-11-13-25(14-12-23)30-27(34)29-24-5-2-1-3-6-24/h1-3,5-14H,4,15-18,20H2,(H2,29,30,34). The fourth-order valence-corrected chi connectivity index (χ4v) is 3.97. The number of nitrogens with one attached hydrogen (secondary N) is 2. The van der Waals surface area contributed by atoms with E-state index < -0.39 is 0 Å². The highest BCUT2D eigenvalue weighted by molar-refractivity contribution is 6.00. The molecule has 0 unspecified atom stereocenters. The molecule has 172 valence electrons. The van der Waals surface area contributed by atoms with E-state index in [2.05, 4.69) is 21.6 Å². The van der Waals surface area contributed by atoms with Gasteiger partial charge in [0.2, 0.25) is 0 Å². The maximum absolute atomic E-state index is 13.0. The van der Waals surface area contributed by atoms with Crippen molar-refractivity contribution in [3.8, 4) is 6.07 Å². The van der Waals surface area contributed by atoms with Crippen LogP contribution in [0.3, 0.4) is 0 Å². The molecule has 3 amide bonds. The molecule has 3 aromatic rings. The third-order valence-corrected chi connectivity index (χ3v) is 5.79. The Morgan fingerprint density at radius 2 is 1.47 bits per heavy atom. The summed E-state index contributed by atoms with van der Waals surface area (Å²) in [4.78, 5) is 29.4. The first-order valence-electron chi connectivity index (χ1n) is 11.3. The second kappa shape index (κ2) is 11.1. The summed E-state index contributed by atoms with van der Waals surface area (Å²) in [5.41, 5.74) is 3.76. The summed E-state index contributed by atoms with van der Waals surface area (Å²) < 4.78 is 0. The van der Waals surface area contributed by atoms with Crippen LogP contribution < -0.4 is 10.6 Å². The minimum absolute atomic E-state index is 0.000472. The fourth-order valence-electron chi connectivity index (χ4n) is 3.97. The molecule has 1 saturated heterocycles. The normalized spacial score (nSPS) is 14.0. The van der Waals surface area contributed by atoms with Crippen LogP contribution in [0.5, 0.6) is 0 Å². The van der Waals surface area contributed by atoms with Gasteiger partial charge >= 0.3 is 6.03 Å². The zero-order chi connectivity index (χ0) is 23.8. The number of amides is 3. The summed E-state index contributed by atoms with van der Waals surface area (Å²) in [6.45, 7) is 3.89. The number of anilines is 2. The van der Waals surface area contributed by atoms with Gasteiger partial charge in [-0.05, 0) is 60.5 Å². The van der Waals surface area contributed by atoms with Crippen LogP contribution in [0.25, 0.3) is 0 Å². The first kappa shape index (κ1) is 23.0. The predicted molar refractivity (Wildman–Crippen MR) is 132 cm³/mol. The van der Waals surface area contributed by atoms with Gasteiger partial charge in [0.25, 0.3) is 5.91 Å². The van der Waals surface area contributed by atoms with Crippen molar-refractivity contribution < 1.29 is 9.59 Å². The average Bonchev–Trinajstić information content (AvgIpc) is 3.11. The summed E-state index contributed by atoms with van der Waals surface area (Å²) in [7, 11) is 0. The number of nitriles is 1. The van der Waals surface area contributed by atoms with E-state index in [9.17, 15) is 9.59 Å². The molecule has 0 radical (unpaired) electrons. The molecule has 3 aromatic carbocycles. The largest absolute Gasteiger partial charge is 0.337 e. The molecule has 2 N–H and O–H groups in total. The highest BCUT2D eigenvalue weighted by Gasteiger charge is 2.20. The summed E-state index contributed by atoms with van der Waals surface area (Å²) in [5.74, 6) is 0.000472. The summed E-state index contributed by atoms with van der Waals surface area (Å²) in [5, 5.41) is 14.5. The molecule has 4 rings (SSSR count). The number of carbonyl (C=O) groups excluding carboxylic acids is 2. The lowest BCUT2D eigenvalue weighted by molar-refractivity contribution is 0.0761. The van der Waals surface area contributed by atoms with Crippen molar-refractivity contribution in [1.82, 2.24) is 9.80 Å². The molecular weight excluding hydrogens is 426 g/mol. The molecule has 1 fully saturated rings. The van der Waals surface area contributed by atoms with Crippen LogP contribution in [0.2, 0.25) is 0 Å². The number of hydrogen-bond acceptors (Lipinski definition) is 4. The SMILES string of the molecule is N#Cc1ccc(CN2CCCN(C(=O)c3ccc(NC(=O)Nc4ccccc4)cc3)CC2)cc1.